The molecule has 1 aliphatic heterocycles. The molecule has 0 aliphatic carbocycles. The molecule has 0 unspecified atom stereocenters. The summed E-state index contributed by atoms with van der Waals surface area (Å²) in [5.41, 5.74) is 2.48. The molecule has 1 saturated heterocycles. The van der Waals surface area contributed by atoms with Crippen LogP contribution in [0.1, 0.15) is 17.5 Å². The van der Waals surface area contributed by atoms with Crippen molar-refractivity contribution in [1.29, 1.82) is 0 Å². The van der Waals surface area contributed by atoms with E-state index in [1.807, 2.05) is 27.8 Å². The highest BCUT2D eigenvalue weighted by Gasteiger charge is 2.20. The average molecular weight is 356 g/mol. The van der Waals surface area contributed by atoms with Crippen LogP contribution < -0.4 is 4.74 Å². The molecule has 3 rings (SSSR count). The van der Waals surface area contributed by atoms with Crippen molar-refractivity contribution in [2.75, 3.05) is 39.3 Å². The Hall–Kier alpha value is -2.34. The van der Waals surface area contributed by atoms with Gasteiger partial charge in [-0.2, -0.15) is 0 Å². The second kappa shape index (κ2) is 8.85. The van der Waals surface area contributed by atoms with Crippen LogP contribution in [0.3, 0.4) is 0 Å². The highest BCUT2D eigenvalue weighted by Crippen LogP contribution is 2.20. The van der Waals surface area contributed by atoms with Gasteiger partial charge in [0.15, 0.2) is 0 Å². The van der Waals surface area contributed by atoms with E-state index >= 15 is 0 Å². The molecule has 0 spiro atoms. The van der Waals surface area contributed by atoms with Crippen LogP contribution in [0.2, 0.25) is 0 Å². The van der Waals surface area contributed by atoms with E-state index in [4.69, 9.17) is 4.74 Å². The van der Waals surface area contributed by atoms with Crippen molar-refractivity contribution < 1.29 is 9.53 Å². The number of hydrogen-bond donors (Lipinski definition) is 0. The monoisotopic (exact) mass is 356 g/mol. The van der Waals surface area contributed by atoms with Crippen molar-refractivity contribution in [3.8, 4) is 5.75 Å². The molecule has 26 heavy (non-hydrogen) atoms. The molecule has 0 atom stereocenters. The smallest absolute Gasteiger partial charge is 0.242 e. The van der Waals surface area contributed by atoms with Crippen LogP contribution in [-0.4, -0.2) is 64.6 Å². The molecule has 0 bridgehead atoms. The summed E-state index contributed by atoms with van der Waals surface area (Å²) in [6.07, 6.45) is 6.20. The van der Waals surface area contributed by atoms with Gasteiger partial charge in [0.05, 0.1) is 12.9 Å². The van der Waals surface area contributed by atoms with E-state index in [0.29, 0.717) is 6.54 Å². The van der Waals surface area contributed by atoms with Crippen molar-refractivity contribution in [2.24, 2.45) is 0 Å². The van der Waals surface area contributed by atoms with Gasteiger partial charge in [-0.15, -0.1) is 0 Å². The van der Waals surface area contributed by atoms with E-state index in [1.54, 1.807) is 12.5 Å². The first-order chi connectivity index (χ1) is 12.6. The van der Waals surface area contributed by atoms with E-state index in [9.17, 15) is 4.79 Å². The number of nitrogens with zero attached hydrogens (tertiary/aromatic N) is 4. The third-order valence-electron chi connectivity index (χ3n) is 5.03. The summed E-state index contributed by atoms with van der Waals surface area (Å²) in [5, 5.41) is 0. The standard InChI is InChI=1S/C20H28N4O2/c1-17-5-3-6-19(18(17)2)26-14-4-8-22-10-12-24(13-11-22)20(25)15-23-9-7-21-16-23/h3,5-7,9,16H,4,8,10-15H2,1-2H3. The molecule has 0 radical (unpaired) electrons. The van der Waals surface area contributed by atoms with Crippen LogP contribution in [0.4, 0.5) is 0 Å². The minimum Gasteiger partial charge on any atom is -0.493 e. The number of amides is 1. The predicted molar refractivity (Wildman–Crippen MR) is 101 cm³/mol. The van der Waals surface area contributed by atoms with Crippen LogP contribution in [0.15, 0.2) is 36.9 Å². The molecule has 6 heteroatoms. The quantitative estimate of drug-likeness (QED) is 0.713. The normalized spacial score (nSPS) is 15.2. The fraction of sp³-hybridized carbons (Fsp3) is 0.500. The number of piperazine rings is 1. The number of aryl methyl sites for hydroxylation is 1. The Bertz CT molecular complexity index is 707. The summed E-state index contributed by atoms with van der Waals surface area (Å²) in [6, 6.07) is 6.18. The Labute approximate surface area is 155 Å². The highest BCUT2D eigenvalue weighted by atomic mass is 16.5. The summed E-state index contributed by atoms with van der Waals surface area (Å²) < 4.78 is 7.75. The number of aromatic nitrogens is 2. The Kier molecular flexibility index (Phi) is 6.28. The lowest BCUT2D eigenvalue weighted by molar-refractivity contribution is -0.133. The number of rotatable bonds is 7. The van der Waals surface area contributed by atoms with Gasteiger partial charge in [-0.25, -0.2) is 4.98 Å². The first-order valence-corrected chi connectivity index (χ1v) is 9.28. The molecule has 1 aliphatic rings. The topological polar surface area (TPSA) is 50.6 Å². The second-order valence-electron chi connectivity index (χ2n) is 6.86. The van der Waals surface area contributed by atoms with Crippen LogP contribution in [-0.2, 0) is 11.3 Å². The van der Waals surface area contributed by atoms with Crippen molar-refractivity contribution in [2.45, 2.75) is 26.8 Å². The second-order valence-corrected chi connectivity index (χ2v) is 6.86. The lowest BCUT2D eigenvalue weighted by Crippen LogP contribution is -2.49. The number of ether oxygens (including phenoxy) is 1. The lowest BCUT2D eigenvalue weighted by Gasteiger charge is -2.34. The summed E-state index contributed by atoms with van der Waals surface area (Å²) >= 11 is 0. The maximum absolute atomic E-state index is 12.3. The lowest BCUT2D eigenvalue weighted by atomic mass is 10.1. The Morgan fingerprint density at radius 1 is 1.19 bits per heavy atom. The van der Waals surface area contributed by atoms with Crippen LogP contribution in [0, 0.1) is 13.8 Å². The van der Waals surface area contributed by atoms with E-state index in [1.165, 1.54) is 11.1 Å². The van der Waals surface area contributed by atoms with Crippen LogP contribution in [0.25, 0.3) is 0 Å². The number of imidazole rings is 1. The molecule has 2 aromatic rings. The number of hydrogen-bond acceptors (Lipinski definition) is 4. The third-order valence-corrected chi connectivity index (χ3v) is 5.03. The largest absolute Gasteiger partial charge is 0.493 e. The van der Waals surface area contributed by atoms with E-state index in [-0.39, 0.29) is 5.91 Å². The number of carbonyl (C=O) groups excluding carboxylic acids is 1. The Morgan fingerprint density at radius 3 is 2.73 bits per heavy atom. The Balaban J connectivity index is 1.34. The molecular weight excluding hydrogens is 328 g/mol. The molecule has 1 aromatic carbocycles. The first-order valence-electron chi connectivity index (χ1n) is 9.28. The molecular formula is C20H28N4O2. The molecule has 0 saturated carbocycles. The van der Waals surface area contributed by atoms with Gasteiger partial charge in [-0.1, -0.05) is 12.1 Å². The summed E-state index contributed by atoms with van der Waals surface area (Å²) in [5.74, 6) is 1.15. The maximum Gasteiger partial charge on any atom is 0.242 e. The van der Waals surface area contributed by atoms with Gasteiger partial charge in [0.2, 0.25) is 5.91 Å². The number of benzene rings is 1. The maximum atomic E-state index is 12.3. The molecule has 1 amide bonds. The van der Waals surface area contributed by atoms with Crippen molar-refractivity contribution in [3.05, 3.63) is 48.0 Å². The minimum atomic E-state index is 0.168. The van der Waals surface area contributed by atoms with Gasteiger partial charge in [-0.05, 0) is 37.5 Å². The van der Waals surface area contributed by atoms with E-state index < -0.39 is 0 Å². The molecule has 0 N–H and O–H groups in total. The third kappa shape index (κ3) is 4.85. The van der Waals surface area contributed by atoms with Crippen molar-refractivity contribution in [1.82, 2.24) is 19.4 Å². The van der Waals surface area contributed by atoms with Crippen molar-refractivity contribution in [3.63, 3.8) is 0 Å². The van der Waals surface area contributed by atoms with Gasteiger partial charge in [0.1, 0.15) is 12.3 Å². The first kappa shape index (κ1) is 18.5. The van der Waals surface area contributed by atoms with Crippen LogP contribution >= 0.6 is 0 Å². The Morgan fingerprint density at radius 2 is 2.00 bits per heavy atom. The highest BCUT2D eigenvalue weighted by molar-refractivity contribution is 5.76. The number of carbonyl (C=O) groups is 1. The predicted octanol–water partition coefficient (Wildman–Crippen LogP) is 2.11. The average Bonchev–Trinajstić information content (AvgIpc) is 3.15. The fourth-order valence-electron chi connectivity index (χ4n) is 3.21. The summed E-state index contributed by atoms with van der Waals surface area (Å²) in [4.78, 5) is 20.6. The SMILES string of the molecule is Cc1cccc(OCCCN2CCN(C(=O)Cn3ccnc3)CC2)c1C. The zero-order valence-corrected chi connectivity index (χ0v) is 15.7. The minimum absolute atomic E-state index is 0.168. The van der Waals surface area contributed by atoms with Gasteiger partial charge in [0, 0.05) is 45.1 Å². The van der Waals surface area contributed by atoms with Gasteiger partial charge in [-0.3, -0.25) is 9.69 Å². The molecule has 140 valence electrons. The van der Waals surface area contributed by atoms with E-state index in [0.717, 1.165) is 51.5 Å². The van der Waals surface area contributed by atoms with Crippen molar-refractivity contribution >= 4 is 5.91 Å². The van der Waals surface area contributed by atoms with E-state index in [2.05, 4.69) is 29.8 Å². The van der Waals surface area contributed by atoms with Gasteiger partial charge < -0.3 is 14.2 Å². The van der Waals surface area contributed by atoms with Gasteiger partial charge >= 0.3 is 0 Å². The molecule has 1 fully saturated rings. The molecule has 6 nitrogen and oxygen atoms in total. The summed E-state index contributed by atoms with van der Waals surface area (Å²) in [6.45, 7) is 9.78. The molecule has 2 heterocycles. The van der Waals surface area contributed by atoms with Gasteiger partial charge in [0.25, 0.3) is 0 Å². The molecule has 1 aromatic heterocycles. The fourth-order valence-corrected chi connectivity index (χ4v) is 3.21. The zero-order chi connectivity index (χ0) is 18.4. The summed E-state index contributed by atoms with van der Waals surface area (Å²) in [7, 11) is 0. The zero-order valence-electron chi connectivity index (χ0n) is 15.7. The van der Waals surface area contributed by atoms with Crippen LogP contribution in [0.5, 0.6) is 5.75 Å².